The predicted molar refractivity (Wildman–Crippen MR) is 151 cm³/mol. The van der Waals surface area contributed by atoms with Gasteiger partial charge in [0.15, 0.2) is 34.8 Å². The summed E-state index contributed by atoms with van der Waals surface area (Å²) < 4.78 is 67.4. The van der Waals surface area contributed by atoms with E-state index >= 15 is 0 Å². The number of aromatic amines is 2. The first-order valence-corrected chi connectivity index (χ1v) is 16.5. The first kappa shape index (κ1) is 31.9. The minimum absolute atomic E-state index is 0.0856. The van der Waals surface area contributed by atoms with Gasteiger partial charge in [-0.2, -0.15) is 9.97 Å². The van der Waals surface area contributed by atoms with Crippen LogP contribution in [0.4, 0.5) is 11.9 Å². The minimum atomic E-state index is -5.08. The molecular formula is C21H26N10O14P2. The molecule has 0 saturated carbocycles. The molecular weight excluding hydrogens is 678 g/mol. The summed E-state index contributed by atoms with van der Waals surface area (Å²) in [7, 11) is -8.69. The standard InChI is InChI=1S/C21H26N10O14P2/c1-39-47(38)41-3-7-12(10(32)18(43-7)30-4-24-8-14(30)26-20(22)28-16(8)34)44-46(36,37)40-2-6-13(45-47)11(33)19(42-6)31-5-25-9-15(31)27-21(23)29-17(9)35/h4-7,10-13,18-19,32-33H,2-3H2,1H3,(H,36,37)(H3,22,26,28,34)(H3,23,27,29,35)/t6?,7-,10-,11-,12-,13-,18-,19-,47?/m1/s1. The van der Waals surface area contributed by atoms with Crippen LogP contribution in [0.25, 0.3) is 22.3 Å². The molecule has 9 N–H and O–H groups in total. The summed E-state index contributed by atoms with van der Waals surface area (Å²) in [5, 5.41) is 22.5. The maximum absolute atomic E-state index is 13.7. The molecule has 10 atom stereocenters. The molecule has 0 radical (unpaired) electrons. The summed E-state index contributed by atoms with van der Waals surface area (Å²) in [6, 6.07) is 0. The quantitative estimate of drug-likeness (QED) is 0.109. The van der Waals surface area contributed by atoms with Crippen LogP contribution < -0.4 is 22.6 Å². The molecule has 47 heavy (non-hydrogen) atoms. The molecule has 3 fully saturated rings. The maximum Gasteiger partial charge on any atom is 0.475 e. The number of nitrogen functional groups attached to an aromatic ring is 2. The van der Waals surface area contributed by atoms with Gasteiger partial charge in [-0.1, -0.05) is 0 Å². The Labute approximate surface area is 259 Å². The normalized spacial score (nSPS) is 36.6. The smallest absolute Gasteiger partial charge is 0.386 e. The van der Waals surface area contributed by atoms with Gasteiger partial charge in [0, 0.05) is 7.11 Å². The van der Waals surface area contributed by atoms with Crippen molar-refractivity contribution >= 4 is 49.9 Å². The number of nitrogens with one attached hydrogen (secondary N) is 2. The number of rotatable bonds is 3. The zero-order valence-electron chi connectivity index (χ0n) is 23.8. The highest BCUT2D eigenvalue weighted by Crippen LogP contribution is 2.55. The molecule has 3 saturated heterocycles. The number of hydrogen-bond donors (Lipinski definition) is 7. The summed E-state index contributed by atoms with van der Waals surface area (Å²) in [5.74, 6) is -0.521. The van der Waals surface area contributed by atoms with Gasteiger partial charge in [-0.3, -0.25) is 51.3 Å². The van der Waals surface area contributed by atoms with E-state index in [2.05, 4.69) is 29.9 Å². The van der Waals surface area contributed by atoms with Crippen LogP contribution in [0.1, 0.15) is 12.5 Å². The van der Waals surface area contributed by atoms with Crippen LogP contribution in [0.15, 0.2) is 22.2 Å². The first-order valence-electron chi connectivity index (χ1n) is 13.5. The molecule has 4 aromatic rings. The van der Waals surface area contributed by atoms with Gasteiger partial charge in [0.05, 0.1) is 25.9 Å². The molecule has 0 amide bonds. The van der Waals surface area contributed by atoms with Crippen LogP contribution in [0.5, 0.6) is 0 Å². The van der Waals surface area contributed by atoms with E-state index < -0.39 is 89.1 Å². The Kier molecular flexibility index (Phi) is 7.82. The van der Waals surface area contributed by atoms with Gasteiger partial charge in [0.2, 0.25) is 11.9 Å². The number of H-pyrrole nitrogens is 2. The minimum Gasteiger partial charge on any atom is -0.386 e. The van der Waals surface area contributed by atoms with Crippen LogP contribution in [-0.2, 0) is 41.2 Å². The van der Waals surface area contributed by atoms with E-state index in [1.165, 1.54) is 0 Å². The summed E-state index contributed by atoms with van der Waals surface area (Å²) in [6.07, 6.45) is -10.2. The predicted octanol–water partition coefficient (Wildman–Crippen LogP) is -2.39. The molecule has 3 unspecified atom stereocenters. The third-order valence-electron chi connectivity index (χ3n) is 7.60. The third kappa shape index (κ3) is 5.56. The monoisotopic (exact) mass is 704 g/mol. The number of nitrogens with zero attached hydrogens (tertiary/aromatic N) is 6. The molecule has 0 aromatic carbocycles. The second-order valence-electron chi connectivity index (χ2n) is 10.5. The lowest BCUT2D eigenvalue weighted by Gasteiger charge is -2.28. The van der Waals surface area contributed by atoms with E-state index in [1.54, 1.807) is 0 Å². The molecule has 26 heteroatoms. The lowest BCUT2D eigenvalue weighted by Crippen LogP contribution is -2.39. The number of phosphoric ester groups is 2. The summed E-state index contributed by atoms with van der Waals surface area (Å²) >= 11 is 0. The number of aromatic nitrogens is 8. The average Bonchev–Trinajstić information content (AvgIpc) is 3.76. The van der Waals surface area contributed by atoms with Crippen LogP contribution in [0.3, 0.4) is 0 Å². The van der Waals surface area contributed by atoms with Gasteiger partial charge in [-0.15, -0.1) is 0 Å². The van der Waals surface area contributed by atoms with Gasteiger partial charge in [0.1, 0.15) is 36.6 Å². The topological polar surface area (TPSA) is 339 Å². The highest BCUT2D eigenvalue weighted by atomic mass is 31.2. The third-order valence-corrected chi connectivity index (χ3v) is 10.00. The highest BCUT2D eigenvalue weighted by Gasteiger charge is 2.54. The van der Waals surface area contributed by atoms with E-state index in [4.69, 9.17) is 43.6 Å². The first-order chi connectivity index (χ1) is 22.3. The molecule has 24 nitrogen and oxygen atoms in total. The fraction of sp³-hybridized carbons (Fsp3) is 0.524. The fourth-order valence-corrected chi connectivity index (χ4v) is 7.58. The number of hydrogen-bond acceptors (Lipinski definition) is 19. The second kappa shape index (κ2) is 11.5. The Hall–Kier alpha value is -3.64. The molecule has 7 rings (SSSR count). The Balaban J connectivity index is 1.19. The van der Waals surface area contributed by atoms with Gasteiger partial charge in [0.25, 0.3) is 11.1 Å². The van der Waals surface area contributed by atoms with E-state index in [9.17, 15) is 33.8 Å². The van der Waals surface area contributed by atoms with E-state index in [0.717, 1.165) is 28.9 Å². The van der Waals surface area contributed by atoms with Crippen molar-refractivity contribution in [2.24, 2.45) is 0 Å². The zero-order chi connectivity index (χ0) is 33.4. The van der Waals surface area contributed by atoms with Gasteiger partial charge >= 0.3 is 15.6 Å². The Bertz CT molecular complexity index is 2070. The summed E-state index contributed by atoms with van der Waals surface area (Å²) in [6.45, 7) is -1.55. The molecule has 4 aromatic heterocycles. The zero-order valence-corrected chi connectivity index (χ0v) is 25.5. The molecule has 254 valence electrons. The van der Waals surface area contributed by atoms with Gasteiger partial charge in [-0.25, -0.2) is 19.1 Å². The Morgan fingerprint density at radius 2 is 1.32 bits per heavy atom. The van der Waals surface area contributed by atoms with Crippen molar-refractivity contribution in [2.75, 3.05) is 31.8 Å². The van der Waals surface area contributed by atoms with Crippen LogP contribution in [-0.4, -0.2) is 111 Å². The number of fused-ring (bicyclic) bond motifs is 4. The van der Waals surface area contributed by atoms with E-state index in [0.29, 0.717) is 0 Å². The number of anilines is 2. The van der Waals surface area contributed by atoms with Crippen molar-refractivity contribution < 1.29 is 56.3 Å². The molecule has 7 heterocycles. The SMILES string of the molecule is COP1(=O)OC[C@H]2O[C@@H](n3cnc4c(=O)[nH]c(N)nc43)[C@H](O)[C@@H]2OP(=O)(O)OCC2O[C@@H](n3cnc4c(=O)[nH]c(N)nc43)[C@H](O)[C@@H]2O1. The summed E-state index contributed by atoms with van der Waals surface area (Å²) in [5.41, 5.74) is 9.49. The number of phosphoric acid groups is 2. The Morgan fingerprint density at radius 1 is 0.851 bits per heavy atom. The largest absolute Gasteiger partial charge is 0.475 e. The summed E-state index contributed by atoms with van der Waals surface area (Å²) in [4.78, 5) is 55.7. The van der Waals surface area contributed by atoms with Crippen molar-refractivity contribution in [3.63, 3.8) is 0 Å². The highest BCUT2D eigenvalue weighted by molar-refractivity contribution is 7.48. The fourth-order valence-electron chi connectivity index (χ4n) is 5.48. The van der Waals surface area contributed by atoms with E-state index in [-0.39, 0.29) is 34.2 Å². The number of imidazole rings is 2. The second-order valence-corrected chi connectivity index (χ2v) is 13.6. The van der Waals surface area contributed by atoms with Crippen LogP contribution >= 0.6 is 15.6 Å². The van der Waals surface area contributed by atoms with Crippen molar-refractivity contribution in [3.8, 4) is 0 Å². The lowest BCUT2D eigenvalue weighted by molar-refractivity contribution is -0.0674. The van der Waals surface area contributed by atoms with Crippen molar-refractivity contribution in [1.29, 1.82) is 0 Å². The Morgan fingerprint density at radius 3 is 1.81 bits per heavy atom. The number of aliphatic hydroxyl groups is 2. The van der Waals surface area contributed by atoms with Crippen molar-refractivity contribution in [3.05, 3.63) is 33.4 Å². The average molecular weight is 704 g/mol. The molecule has 3 aliphatic rings. The maximum atomic E-state index is 13.7. The molecule has 3 aliphatic heterocycles. The van der Waals surface area contributed by atoms with Gasteiger partial charge < -0.3 is 36.0 Å². The van der Waals surface area contributed by atoms with Crippen LogP contribution in [0, 0.1) is 0 Å². The van der Waals surface area contributed by atoms with Gasteiger partial charge in [-0.05, 0) is 0 Å². The van der Waals surface area contributed by atoms with Crippen molar-refractivity contribution in [1.82, 2.24) is 39.0 Å². The number of ether oxygens (including phenoxy) is 2. The number of nitrogens with two attached hydrogens (primary N) is 2. The van der Waals surface area contributed by atoms with Crippen molar-refractivity contribution in [2.45, 2.75) is 49.1 Å². The van der Waals surface area contributed by atoms with Crippen LogP contribution in [0.2, 0.25) is 0 Å². The molecule has 0 bridgehead atoms. The molecule has 0 aliphatic carbocycles. The number of aliphatic hydroxyl groups excluding tert-OH is 2. The molecule has 0 spiro atoms. The van der Waals surface area contributed by atoms with E-state index in [1.807, 2.05) is 0 Å². The lowest BCUT2D eigenvalue weighted by atomic mass is 10.1.